The fraction of sp³-hybridized carbons (Fsp3) is 0.692. The maximum Gasteiger partial charge on any atom is 0.153 e. The summed E-state index contributed by atoms with van der Waals surface area (Å²) >= 11 is 0. The highest BCUT2D eigenvalue weighted by Gasteiger charge is 2.09. The van der Waals surface area contributed by atoms with Crippen LogP contribution in [-0.2, 0) is 11.3 Å². The van der Waals surface area contributed by atoms with Crippen LogP contribution in [0.3, 0.4) is 0 Å². The summed E-state index contributed by atoms with van der Waals surface area (Å²) in [6.45, 7) is 10.3. The van der Waals surface area contributed by atoms with Gasteiger partial charge in [-0.2, -0.15) is 5.10 Å². The van der Waals surface area contributed by atoms with E-state index >= 15 is 0 Å². The molecule has 0 amide bonds. The molecule has 0 aliphatic carbocycles. The molecule has 17 heavy (non-hydrogen) atoms. The third-order valence-electron chi connectivity index (χ3n) is 2.84. The number of nitrogens with zero attached hydrogens (tertiary/aromatic N) is 2. The second-order valence-electron chi connectivity index (χ2n) is 4.72. The number of hydrogen-bond donors (Lipinski definition) is 0. The minimum atomic E-state index is 0.646. The highest BCUT2D eigenvalue weighted by atomic mass is 16.5. The van der Waals surface area contributed by atoms with E-state index in [0.717, 1.165) is 30.7 Å². The SMILES string of the molecule is Cc1nn(CCOCCC(C)C)c(C)c1C=O. The zero-order chi connectivity index (χ0) is 12.8. The summed E-state index contributed by atoms with van der Waals surface area (Å²) in [4.78, 5) is 10.8. The van der Waals surface area contributed by atoms with Crippen LogP contribution in [0.1, 0.15) is 42.0 Å². The molecule has 4 nitrogen and oxygen atoms in total. The maximum atomic E-state index is 10.8. The molecule has 0 atom stereocenters. The molecule has 4 heteroatoms. The zero-order valence-corrected chi connectivity index (χ0v) is 11.2. The second kappa shape index (κ2) is 6.55. The molecule has 0 aliphatic rings. The Bertz CT molecular complexity index is 370. The number of hydrogen-bond acceptors (Lipinski definition) is 3. The molecule has 0 radical (unpaired) electrons. The smallest absolute Gasteiger partial charge is 0.153 e. The Hall–Kier alpha value is -1.16. The highest BCUT2D eigenvalue weighted by Crippen LogP contribution is 2.10. The van der Waals surface area contributed by atoms with Crippen LogP contribution in [0.15, 0.2) is 0 Å². The molecule has 0 saturated heterocycles. The molecule has 0 aliphatic heterocycles. The fourth-order valence-electron chi connectivity index (χ4n) is 1.67. The Morgan fingerprint density at radius 3 is 2.59 bits per heavy atom. The van der Waals surface area contributed by atoms with Gasteiger partial charge in [-0.25, -0.2) is 0 Å². The fourth-order valence-corrected chi connectivity index (χ4v) is 1.67. The van der Waals surface area contributed by atoms with Crippen molar-refractivity contribution in [1.82, 2.24) is 9.78 Å². The molecule has 96 valence electrons. The van der Waals surface area contributed by atoms with Crippen LogP contribution >= 0.6 is 0 Å². The Morgan fingerprint density at radius 1 is 1.35 bits per heavy atom. The van der Waals surface area contributed by atoms with Gasteiger partial charge in [-0.1, -0.05) is 13.8 Å². The Morgan fingerprint density at radius 2 is 2.06 bits per heavy atom. The number of ether oxygens (including phenoxy) is 1. The van der Waals surface area contributed by atoms with E-state index in [-0.39, 0.29) is 0 Å². The van der Waals surface area contributed by atoms with Crippen molar-refractivity contribution in [1.29, 1.82) is 0 Å². The summed E-state index contributed by atoms with van der Waals surface area (Å²) in [5.41, 5.74) is 2.41. The molecule has 0 spiro atoms. The first-order chi connectivity index (χ1) is 8.06. The van der Waals surface area contributed by atoms with Gasteiger partial charge in [0, 0.05) is 12.3 Å². The van der Waals surface area contributed by atoms with Crippen molar-refractivity contribution < 1.29 is 9.53 Å². The van der Waals surface area contributed by atoms with Gasteiger partial charge in [-0.3, -0.25) is 9.48 Å². The van der Waals surface area contributed by atoms with Crippen LogP contribution in [0.25, 0.3) is 0 Å². The highest BCUT2D eigenvalue weighted by molar-refractivity contribution is 5.77. The van der Waals surface area contributed by atoms with Crippen LogP contribution in [0, 0.1) is 19.8 Å². The van der Waals surface area contributed by atoms with Crippen LogP contribution in [0.4, 0.5) is 0 Å². The van der Waals surface area contributed by atoms with E-state index in [1.807, 2.05) is 18.5 Å². The molecule has 0 N–H and O–H groups in total. The second-order valence-corrected chi connectivity index (χ2v) is 4.72. The molecule has 0 saturated carbocycles. The average Bonchev–Trinajstić information content (AvgIpc) is 2.53. The summed E-state index contributed by atoms with van der Waals surface area (Å²) in [5, 5.41) is 4.32. The topological polar surface area (TPSA) is 44.1 Å². The first kappa shape index (κ1) is 13.9. The molecule has 1 rings (SSSR count). The predicted octanol–water partition coefficient (Wildman–Crippen LogP) is 2.38. The lowest BCUT2D eigenvalue weighted by atomic mass is 10.1. The third-order valence-corrected chi connectivity index (χ3v) is 2.84. The van der Waals surface area contributed by atoms with Gasteiger partial charge in [0.1, 0.15) is 0 Å². The predicted molar refractivity (Wildman–Crippen MR) is 67.4 cm³/mol. The standard InChI is InChI=1S/C13H22N2O2/c1-10(2)5-7-17-8-6-15-12(4)13(9-16)11(3)14-15/h9-10H,5-8H2,1-4H3. The molecule has 0 unspecified atom stereocenters. The molecule has 1 aromatic rings. The normalized spacial score (nSPS) is 11.1. The minimum absolute atomic E-state index is 0.646. The molecular weight excluding hydrogens is 216 g/mol. The summed E-state index contributed by atoms with van der Waals surface area (Å²) in [7, 11) is 0. The number of carbonyl (C=O) groups is 1. The summed E-state index contributed by atoms with van der Waals surface area (Å²) in [6, 6.07) is 0. The van der Waals surface area contributed by atoms with Crippen molar-refractivity contribution in [3.8, 4) is 0 Å². The van der Waals surface area contributed by atoms with E-state index in [9.17, 15) is 4.79 Å². The average molecular weight is 238 g/mol. The largest absolute Gasteiger partial charge is 0.380 e. The molecule has 0 bridgehead atoms. The van der Waals surface area contributed by atoms with E-state index < -0.39 is 0 Å². The number of aryl methyl sites for hydroxylation is 1. The summed E-state index contributed by atoms with van der Waals surface area (Å²) < 4.78 is 7.38. The first-order valence-electron chi connectivity index (χ1n) is 6.13. The Kier molecular flexibility index (Phi) is 5.35. The maximum absolute atomic E-state index is 10.8. The molecule has 0 fully saturated rings. The lowest BCUT2D eigenvalue weighted by molar-refractivity contribution is 0.111. The monoisotopic (exact) mass is 238 g/mol. The van der Waals surface area contributed by atoms with Gasteiger partial charge in [0.15, 0.2) is 6.29 Å². The molecule has 1 aromatic heterocycles. The number of rotatable bonds is 7. The van der Waals surface area contributed by atoms with E-state index in [1.165, 1.54) is 0 Å². The number of aldehydes is 1. The summed E-state index contributed by atoms with van der Waals surface area (Å²) in [6.07, 6.45) is 1.95. The third kappa shape index (κ3) is 3.97. The van der Waals surface area contributed by atoms with Gasteiger partial charge < -0.3 is 4.74 Å². The Balaban J connectivity index is 2.39. The van der Waals surface area contributed by atoms with Gasteiger partial charge in [0.05, 0.1) is 24.4 Å². The van der Waals surface area contributed by atoms with Gasteiger partial charge in [-0.05, 0) is 26.2 Å². The number of aromatic nitrogens is 2. The quantitative estimate of drug-likeness (QED) is 0.541. The van der Waals surface area contributed by atoms with Crippen molar-refractivity contribution in [2.75, 3.05) is 13.2 Å². The van der Waals surface area contributed by atoms with Crippen LogP contribution in [0.2, 0.25) is 0 Å². The van der Waals surface area contributed by atoms with E-state index in [0.29, 0.717) is 24.6 Å². The van der Waals surface area contributed by atoms with Gasteiger partial charge >= 0.3 is 0 Å². The van der Waals surface area contributed by atoms with Crippen molar-refractivity contribution in [2.24, 2.45) is 5.92 Å². The molecule has 0 aromatic carbocycles. The van der Waals surface area contributed by atoms with Gasteiger partial charge in [-0.15, -0.1) is 0 Å². The van der Waals surface area contributed by atoms with Gasteiger partial charge in [0.25, 0.3) is 0 Å². The lowest BCUT2D eigenvalue weighted by Crippen LogP contribution is -2.10. The van der Waals surface area contributed by atoms with Crippen molar-refractivity contribution in [2.45, 2.75) is 40.7 Å². The van der Waals surface area contributed by atoms with Crippen molar-refractivity contribution in [3.63, 3.8) is 0 Å². The molecule has 1 heterocycles. The van der Waals surface area contributed by atoms with Crippen molar-refractivity contribution in [3.05, 3.63) is 17.0 Å². The van der Waals surface area contributed by atoms with E-state index in [4.69, 9.17) is 4.74 Å². The lowest BCUT2D eigenvalue weighted by Gasteiger charge is -2.07. The summed E-state index contributed by atoms with van der Waals surface area (Å²) in [5.74, 6) is 0.672. The van der Waals surface area contributed by atoms with Gasteiger partial charge in [0.2, 0.25) is 0 Å². The van der Waals surface area contributed by atoms with Crippen LogP contribution < -0.4 is 0 Å². The zero-order valence-electron chi connectivity index (χ0n) is 11.2. The van der Waals surface area contributed by atoms with E-state index in [2.05, 4.69) is 18.9 Å². The van der Waals surface area contributed by atoms with E-state index in [1.54, 1.807) is 0 Å². The minimum Gasteiger partial charge on any atom is -0.380 e. The Labute approximate surface area is 103 Å². The first-order valence-corrected chi connectivity index (χ1v) is 6.13. The van der Waals surface area contributed by atoms with Crippen LogP contribution in [0.5, 0.6) is 0 Å². The van der Waals surface area contributed by atoms with Crippen molar-refractivity contribution >= 4 is 6.29 Å². The van der Waals surface area contributed by atoms with Crippen LogP contribution in [-0.4, -0.2) is 29.3 Å². The number of carbonyl (C=O) groups excluding carboxylic acids is 1. The molecular formula is C13H22N2O2.